The molecule has 0 bridgehead atoms. The fraction of sp³-hybridized carbons (Fsp3) is 0.217. The first-order valence-corrected chi connectivity index (χ1v) is 11.5. The number of benzene rings is 2. The number of H-pyrrole nitrogens is 2. The molecule has 2 unspecified atom stereocenters. The van der Waals surface area contributed by atoms with Crippen LogP contribution in [0.15, 0.2) is 65.1 Å². The zero-order valence-electron chi connectivity index (χ0n) is 18.3. The molecular weight excluding hydrogens is 456 g/mol. The van der Waals surface area contributed by atoms with Crippen LogP contribution < -0.4 is 20.5 Å². The highest BCUT2D eigenvalue weighted by atomic mass is 32.2. The van der Waals surface area contributed by atoms with Crippen LogP contribution in [0.1, 0.15) is 18.9 Å². The van der Waals surface area contributed by atoms with Crippen molar-refractivity contribution in [2.24, 2.45) is 0 Å². The van der Waals surface area contributed by atoms with E-state index in [0.717, 1.165) is 0 Å². The lowest BCUT2D eigenvalue weighted by atomic mass is 10.2. The van der Waals surface area contributed by atoms with Crippen molar-refractivity contribution >= 4 is 34.4 Å². The maximum atomic E-state index is 12.8. The van der Waals surface area contributed by atoms with E-state index < -0.39 is 11.4 Å². The second-order valence-corrected chi connectivity index (χ2v) is 9.00. The Balaban J connectivity index is 1.31. The smallest absolute Gasteiger partial charge is 0.323 e. The number of carbonyl (C=O) groups excluding carboxylic acids is 1. The van der Waals surface area contributed by atoms with Crippen LogP contribution >= 0.6 is 11.8 Å². The zero-order chi connectivity index (χ0) is 23.7. The third kappa shape index (κ3) is 4.29. The predicted molar refractivity (Wildman–Crippen MR) is 128 cm³/mol. The van der Waals surface area contributed by atoms with Crippen LogP contribution in [0.5, 0.6) is 11.5 Å². The molecule has 34 heavy (non-hydrogen) atoms. The van der Waals surface area contributed by atoms with Crippen molar-refractivity contribution in [3.8, 4) is 11.5 Å². The molecule has 3 N–H and O–H groups in total. The largest absolute Gasteiger partial charge is 0.485 e. The lowest BCUT2D eigenvalue weighted by Gasteiger charge is -2.26. The summed E-state index contributed by atoms with van der Waals surface area (Å²) in [5, 5.41) is 11.6. The number of aromatic nitrogens is 5. The van der Waals surface area contributed by atoms with Crippen molar-refractivity contribution in [2.75, 3.05) is 11.9 Å². The van der Waals surface area contributed by atoms with Crippen LogP contribution in [0.25, 0.3) is 11.0 Å². The Morgan fingerprint density at radius 2 is 2.06 bits per heavy atom. The Morgan fingerprint density at radius 3 is 2.88 bits per heavy atom. The van der Waals surface area contributed by atoms with Crippen molar-refractivity contribution < 1.29 is 14.3 Å². The molecule has 0 radical (unpaired) electrons. The van der Waals surface area contributed by atoms with Gasteiger partial charge in [-0.05, 0) is 37.3 Å². The average Bonchev–Trinajstić information content (AvgIpc) is 3.40. The van der Waals surface area contributed by atoms with Crippen LogP contribution in [-0.4, -0.2) is 42.5 Å². The number of para-hydroxylation sites is 2. The number of rotatable bonds is 7. The fourth-order valence-corrected chi connectivity index (χ4v) is 4.50. The molecule has 174 valence electrons. The van der Waals surface area contributed by atoms with E-state index in [2.05, 4.69) is 32.1 Å². The summed E-state index contributed by atoms with van der Waals surface area (Å²) in [6, 6.07) is 12.6. The minimum absolute atomic E-state index is 0.205. The number of anilines is 1. The Labute approximate surface area is 198 Å². The summed E-state index contributed by atoms with van der Waals surface area (Å²) in [4.78, 5) is 29.7. The van der Waals surface area contributed by atoms with Gasteiger partial charge in [-0.25, -0.2) is 4.79 Å². The number of fused-ring (bicyclic) bond motifs is 2. The van der Waals surface area contributed by atoms with E-state index in [4.69, 9.17) is 9.47 Å². The van der Waals surface area contributed by atoms with Gasteiger partial charge in [0, 0.05) is 12.2 Å². The molecule has 4 aromatic rings. The SMILES string of the molecule is C=CCn1c(SC(C)C(=O)Nc2ccc3[nH]c(=O)[nH]c3c2)nnc1C1COc2ccccc2O1. The first-order valence-electron chi connectivity index (χ1n) is 10.6. The van der Waals surface area contributed by atoms with Gasteiger partial charge in [-0.2, -0.15) is 0 Å². The van der Waals surface area contributed by atoms with E-state index in [9.17, 15) is 9.59 Å². The summed E-state index contributed by atoms with van der Waals surface area (Å²) in [6.07, 6.45) is 1.31. The topological polar surface area (TPSA) is 127 Å². The number of carbonyl (C=O) groups is 1. The van der Waals surface area contributed by atoms with E-state index in [-0.39, 0.29) is 11.6 Å². The number of hydrogen-bond donors (Lipinski definition) is 3. The summed E-state index contributed by atoms with van der Waals surface area (Å²) in [5.74, 6) is 1.74. The van der Waals surface area contributed by atoms with Crippen LogP contribution in [-0.2, 0) is 11.3 Å². The van der Waals surface area contributed by atoms with Crippen molar-refractivity contribution in [2.45, 2.75) is 30.0 Å². The molecule has 1 aliphatic rings. The monoisotopic (exact) mass is 478 g/mol. The molecule has 1 amide bonds. The van der Waals surface area contributed by atoms with Gasteiger partial charge >= 0.3 is 5.69 Å². The van der Waals surface area contributed by atoms with Gasteiger partial charge in [0.15, 0.2) is 28.6 Å². The van der Waals surface area contributed by atoms with Gasteiger partial charge in [-0.3, -0.25) is 9.36 Å². The fourth-order valence-electron chi connectivity index (χ4n) is 3.64. The summed E-state index contributed by atoms with van der Waals surface area (Å²) < 4.78 is 13.8. The molecule has 5 rings (SSSR count). The quantitative estimate of drug-likeness (QED) is 0.275. The highest BCUT2D eigenvalue weighted by Crippen LogP contribution is 2.36. The Hall–Kier alpha value is -3.99. The van der Waals surface area contributed by atoms with Gasteiger partial charge < -0.3 is 24.8 Å². The third-order valence-corrected chi connectivity index (χ3v) is 6.37. The number of imidazole rings is 1. The minimum atomic E-state index is -0.467. The summed E-state index contributed by atoms with van der Waals surface area (Å²) in [5.41, 5.74) is 1.58. The van der Waals surface area contributed by atoms with E-state index in [1.54, 1.807) is 31.2 Å². The maximum absolute atomic E-state index is 12.8. The first kappa shape index (κ1) is 21.8. The Kier molecular flexibility index (Phi) is 5.84. The lowest BCUT2D eigenvalue weighted by molar-refractivity contribution is -0.115. The van der Waals surface area contributed by atoms with Gasteiger partial charge in [0.1, 0.15) is 6.61 Å². The molecule has 0 saturated heterocycles. The van der Waals surface area contributed by atoms with E-state index in [0.29, 0.717) is 52.4 Å². The molecule has 10 nitrogen and oxygen atoms in total. The Bertz CT molecular complexity index is 1420. The molecule has 2 aromatic heterocycles. The van der Waals surface area contributed by atoms with E-state index >= 15 is 0 Å². The number of thioether (sulfide) groups is 1. The molecule has 0 saturated carbocycles. The number of aromatic amines is 2. The molecule has 1 aliphatic heterocycles. The summed E-state index contributed by atoms with van der Waals surface area (Å²) >= 11 is 1.28. The molecule has 11 heteroatoms. The van der Waals surface area contributed by atoms with Gasteiger partial charge in [0.05, 0.1) is 16.3 Å². The highest BCUT2D eigenvalue weighted by molar-refractivity contribution is 8.00. The maximum Gasteiger partial charge on any atom is 0.323 e. The second kappa shape index (κ2) is 9.10. The van der Waals surface area contributed by atoms with E-state index in [1.807, 2.05) is 28.8 Å². The number of hydrogen-bond acceptors (Lipinski definition) is 7. The number of ether oxygens (including phenoxy) is 2. The number of nitrogens with one attached hydrogen (secondary N) is 3. The molecule has 0 spiro atoms. The van der Waals surface area contributed by atoms with Crippen molar-refractivity contribution in [1.29, 1.82) is 0 Å². The molecule has 3 heterocycles. The highest BCUT2D eigenvalue weighted by Gasteiger charge is 2.29. The van der Waals surface area contributed by atoms with Crippen LogP contribution in [0.4, 0.5) is 5.69 Å². The molecule has 2 aromatic carbocycles. The Morgan fingerprint density at radius 1 is 1.26 bits per heavy atom. The lowest BCUT2D eigenvalue weighted by Crippen LogP contribution is -2.25. The molecular formula is C23H22N6O4S. The number of amides is 1. The van der Waals surface area contributed by atoms with Crippen LogP contribution in [0.2, 0.25) is 0 Å². The first-order chi connectivity index (χ1) is 16.5. The van der Waals surface area contributed by atoms with Crippen molar-refractivity contribution in [1.82, 2.24) is 24.7 Å². The zero-order valence-corrected chi connectivity index (χ0v) is 19.1. The predicted octanol–water partition coefficient (Wildman–Crippen LogP) is 3.27. The second-order valence-electron chi connectivity index (χ2n) is 7.69. The van der Waals surface area contributed by atoms with Gasteiger partial charge in [0.2, 0.25) is 5.91 Å². The van der Waals surface area contributed by atoms with Crippen molar-refractivity contribution in [3.63, 3.8) is 0 Å². The third-order valence-electron chi connectivity index (χ3n) is 5.29. The standard InChI is InChI=1S/C23H22N6O4S/c1-3-10-29-20(19-12-32-17-6-4-5-7-18(17)33-19)27-28-23(29)34-13(2)21(30)24-14-8-9-15-16(11-14)26-22(31)25-15/h3-9,11,13,19H,1,10,12H2,2H3,(H,24,30)(H2,25,26,31). The average molecular weight is 479 g/mol. The molecule has 0 aliphatic carbocycles. The molecule has 2 atom stereocenters. The van der Waals surface area contributed by atoms with E-state index in [1.165, 1.54) is 11.8 Å². The van der Waals surface area contributed by atoms with Crippen LogP contribution in [0, 0.1) is 0 Å². The van der Waals surface area contributed by atoms with Gasteiger partial charge in [-0.1, -0.05) is 30.0 Å². The number of allylic oxidation sites excluding steroid dienone is 1. The van der Waals surface area contributed by atoms with Crippen molar-refractivity contribution in [3.05, 3.63) is 71.4 Å². The number of nitrogens with zero attached hydrogens (tertiary/aromatic N) is 3. The van der Waals surface area contributed by atoms with Crippen LogP contribution in [0.3, 0.4) is 0 Å². The minimum Gasteiger partial charge on any atom is -0.485 e. The van der Waals surface area contributed by atoms with Gasteiger partial charge in [-0.15, -0.1) is 16.8 Å². The normalized spacial score (nSPS) is 15.7. The molecule has 0 fully saturated rings. The summed E-state index contributed by atoms with van der Waals surface area (Å²) in [7, 11) is 0. The van der Waals surface area contributed by atoms with Gasteiger partial charge in [0.25, 0.3) is 0 Å². The summed E-state index contributed by atoms with van der Waals surface area (Å²) in [6.45, 7) is 6.38.